The minimum absolute atomic E-state index is 0.00158. The highest BCUT2D eigenvalue weighted by molar-refractivity contribution is 5.72. The first-order valence-electron chi connectivity index (χ1n) is 5.01. The van der Waals surface area contributed by atoms with Gasteiger partial charge in [-0.3, -0.25) is 9.78 Å². The van der Waals surface area contributed by atoms with Crippen molar-refractivity contribution in [1.29, 1.82) is 5.26 Å². The Hall–Kier alpha value is -2.07. The Morgan fingerprint density at radius 2 is 2.33 bits per heavy atom. The van der Waals surface area contributed by atoms with Gasteiger partial charge in [-0.05, 0) is 6.07 Å². The van der Waals surface area contributed by atoms with E-state index in [1.165, 1.54) is 7.11 Å². The quantitative estimate of drug-likeness (QED) is 0.813. The number of nitrogens with zero attached hydrogens (tertiary/aromatic N) is 2. The molecule has 0 aliphatic carbocycles. The molecular weight excluding hydrogens is 244 g/mol. The molecule has 5 nitrogen and oxygen atoms in total. The molecule has 0 amide bonds. The molecule has 0 unspecified atom stereocenters. The first-order valence-corrected chi connectivity index (χ1v) is 5.01. The van der Waals surface area contributed by atoms with Crippen LogP contribution in [-0.2, 0) is 22.5 Å². The van der Waals surface area contributed by atoms with Gasteiger partial charge in [0.25, 0.3) is 6.43 Å². The highest BCUT2D eigenvalue weighted by atomic mass is 19.3. The minimum Gasteiger partial charge on any atom is -0.469 e. The predicted molar refractivity (Wildman–Crippen MR) is 57.5 cm³/mol. The Bertz CT molecular complexity index is 498. The fraction of sp³-hybridized carbons (Fsp3) is 0.364. The molecule has 1 aromatic heterocycles. The number of alkyl halides is 2. The van der Waals surface area contributed by atoms with Gasteiger partial charge in [0, 0.05) is 12.1 Å². The average molecular weight is 255 g/mol. The molecule has 0 aliphatic rings. The van der Waals surface area contributed by atoms with Gasteiger partial charge in [-0.15, -0.1) is 0 Å². The van der Waals surface area contributed by atoms with Crippen LogP contribution in [0.3, 0.4) is 0 Å². The van der Waals surface area contributed by atoms with Crippen LogP contribution in [0.4, 0.5) is 8.78 Å². The van der Waals surface area contributed by atoms with Crippen molar-refractivity contribution >= 4 is 5.97 Å². The van der Waals surface area contributed by atoms with E-state index in [1.54, 1.807) is 6.07 Å². The van der Waals surface area contributed by atoms with E-state index < -0.39 is 18.1 Å². The number of hydrogen-bond donors (Lipinski definition) is 1. The third-order valence-corrected chi connectivity index (χ3v) is 2.32. The molecule has 7 heteroatoms. The Morgan fingerprint density at radius 3 is 2.78 bits per heavy atom. The lowest BCUT2D eigenvalue weighted by Crippen LogP contribution is -2.14. The van der Waals surface area contributed by atoms with Crippen LogP contribution in [0.2, 0.25) is 0 Å². The highest BCUT2D eigenvalue weighted by Crippen LogP contribution is 2.22. The van der Waals surface area contributed by atoms with Gasteiger partial charge in [0.05, 0.1) is 30.9 Å². The number of methoxy groups -OCH3 is 1. The van der Waals surface area contributed by atoms with Gasteiger partial charge >= 0.3 is 5.97 Å². The molecule has 0 fully saturated rings. The van der Waals surface area contributed by atoms with E-state index in [0.29, 0.717) is 0 Å². The van der Waals surface area contributed by atoms with Gasteiger partial charge in [-0.2, -0.15) is 5.26 Å². The van der Waals surface area contributed by atoms with Crippen LogP contribution in [0.15, 0.2) is 6.07 Å². The van der Waals surface area contributed by atoms with Gasteiger partial charge in [-0.1, -0.05) is 0 Å². The minimum atomic E-state index is -2.82. The first-order chi connectivity index (χ1) is 8.53. The van der Waals surface area contributed by atoms with Crippen molar-refractivity contribution in [3.05, 3.63) is 28.6 Å². The summed E-state index contributed by atoms with van der Waals surface area (Å²) in [5.41, 5.74) is 5.23. The molecule has 1 rings (SSSR count). The SMILES string of the molecule is COC(=O)Cc1nc(C(F)F)cc(C#N)c1CN. The summed E-state index contributed by atoms with van der Waals surface area (Å²) in [6, 6.07) is 2.75. The number of nitrogens with two attached hydrogens (primary N) is 1. The molecule has 0 atom stereocenters. The van der Waals surface area contributed by atoms with Crippen LogP contribution >= 0.6 is 0 Å². The third kappa shape index (κ3) is 2.99. The van der Waals surface area contributed by atoms with Crippen LogP contribution in [-0.4, -0.2) is 18.1 Å². The summed E-state index contributed by atoms with van der Waals surface area (Å²) >= 11 is 0. The number of rotatable bonds is 4. The van der Waals surface area contributed by atoms with Gasteiger partial charge in [0.2, 0.25) is 0 Å². The largest absolute Gasteiger partial charge is 0.469 e. The maximum absolute atomic E-state index is 12.6. The van der Waals surface area contributed by atoms with Crippen LogP contribution in [0.5, 0.6) is 0 Å². The lowest BCUT2D eigenvalue weighted by Gasteiger charge is -2.10. The van der Waals surface area contributed by atoms with E-state index in [4.69, 9.17) is 11.0 Å². The number of carbonyl (C=O) groups is 1. The van der Waals surface area contributed by atoms with Crippen molar-refractivity contribution in [2.45, 2.75) is 19.4 Å². The summed E-state index contributed by atoms with van der Waals surface area (Å²) in [6.07, 6.45) is -3.11. The summed E-state index contributed by atoms with van der Waals surface area (Å²) < 4.78 is 29.6. The van der Waals surface area contributed by atoms with Crippen LogP contribution in [0.25, 0.3) is 0 Å². The maximum Gasteiger partial charge on any atom is 0.311 e. The molecule has 96 valence electrons. The fourth-order valence-corrected chi connectivity index (χ4v) is 1.44. The van der Waals surface area contributed by atoms with Crippen molar-refractivity contribution in [3.63, 3.8) is 0 Å². The molecular formula is C11H11F2N3O2. The normalized spacial score (nSPS) is 10.2. The standard InChI is InChI=1S/C11H11F2N3O2/c1-18-10(17)3-8-7(5-15)6(4-14)2-9(16-8)11(12)13/h2,11H,3,5,15H2,1H3. The molecule has 0 bridgehead atoms. The zero-order valence-corrected chi connectivity index (χ0v) is 9.61. The predicted octanol–water partition coefficient (Wildman–Crippen LogP) is 1.07. The molecule has 0 saturated carbocycles. The number of pyridine rings is 1. The number of ether oxygens (including phenoxy) is 1. The zero-order chi connectivity index (χ0) is 13.7. The summed E-state index contributed by atoms with van der Waals surface area (Å²) in [5, 5.41) is 8.88. The number of halogens is 2. The fourth-order valence-electron chi connectivity index (χ4n) is 1.44. The monoisotopic (exact) mass is 255 g/mol. The van der Waals surface area contributed by atoms with Crippen LogP contribution in [0.1, 0.15) is 28.9 Å². The van der Waals surface area contributed by atoms with Crippen molar-refractivity contribution in [3.8, 4) is 6.07 Å². The maximum atomic E-state index is 12.6. The van der Waals surface area contributed by atoms with E-state index in [1.807, 2.05) is 0 Å². The lowest BCUT2D eigenvalue weighted by atomic mass is 10.0. The first kappa shape index (κ1) is 14.0. The summed E-state index contributed by atoms with van der Waals surface area (Å²) in [6.45, 7) is -0.0638. The van der Waals surface area contributed by atoms with Gasteiger partial charge in [-0.25, -0.2) is 8.78 Å². The molecule has 0 aliphatic heterocycles. The molecule has 0 radical (unpaired) electrons. The molecule has 2 N–H and O–H groups in total. The van der Waals surface area contributed by atoms with Gasteiger partial charge < -0.3 is 10.5 Å². The molecule has 18 heavy (non-hydrogen) atoms. The van der Waals surface area contributed by atoms with Crippen molar-refractivity contribution in [2.75, 3.05) is 7.11 Å². The zero-order valence-electron chi connectivity index (χ0n) is 9.61. The topological polar surface area (TPSA) is 89.0 Å². The number of esters is 1. The van der Waals surface area contributed by atoms with E-state index in [9.17, 15) is 13.6 Å². The van der Waals surface area contributed by atoms with Crippen molar-refractivity contribution in [2.24, 2.45) is 5.73 Å². The Balaban J connectivity index is 3.32. The summed E-state index contributed by atoms with van der Waals surface area (Å²) in [5.74, 6) is -0.632. The second-order valence-corrected chi connectivity index (χ2v) is 3.39. The Kier molecular flexibility index (Phi) is 4.68. The molecule has 0 saturated heterocycles. The second-order valence-electron chi connectivity index (χ2n) is 3.39. The van der Waals surface area contributed by atoms with E-state index >= 15 is 0 Å². The highest BCUT2D eigenvalue weighted by Gasteiger charge is 2.18. The van der Waals surface area contributed by atoms with Crippen molar-refractivity contribution < 1.29 is 18.3 Å². The third-order valence-electron chi connectivity index (χ3n) is 2.32. The summed E-state index contributed by atoms with van der Waals surface area (Å²) in [4.78, 5) is 14.8. The number of carbonyl (C=O) groups excluding carboxylic acids is 1. The van der Waals surface area contributed by atoms with Crippen LogP contribution < -0.4 is 5.73 Å². The van der Waals surface area contributed by atoms with E-state index in [-0.39, 0.29) is 29.8 Å². The van der Waals surface area contributed by atoms with E-state index in [2.05, 4.69) is 9.72 Å². The Morgan fingerprint density at radius 1 is 1.67 bits per heavy atom. The number of hydrogen-bond acceptors (Lipinski definition) is 5. The Labute approximate surface area is 102 Å². The number of nitriles is 1. The average Bonchev–Trinajstić information content (AvgIpc) is 2.37. The molecule has 1 aromatic rings. The summed E-state index contributed by atoms with van der Waals surface area (Å²) in [7, 11) is 1.17. The van der Waals surface area contributed by atoms with Gasteiger partial charge in [0.1, 0.15) is 5.69 Å². The second kappa shape index (κ2) is 6.02. The van der Waals surface area contributed by atoms with Crippen LogP contribution in [0, 0.1) is 11.3 Å². The molecule has 0 spiro atoms. The molecule has 0 aromatic carbocycles. The van der Waals surface area contributed by atoms with Crippen molar-refractivity contribution in [1.82, 2.24) is 4.98 Å². The number of aromatic nitrogens is 1. The molecule has 1 heterocycles. The smallest absolute Gasteiger partial charge is 0.311 e. The van der Waals surface area contributed by atoms with E-state index in [0.717, 1.165) is 6.07 Å². The lowest BCUT2D eigenvalue weighted by molar-refractivity contribution is -0.139. The van der Waals surface area contributed by atoms with Gasteiger partial charge in [0.15, 0.2) is 0 Å².